The molecule has 4 aromatic rings. The monoisotopic (exact) mass is 720 g/mol. The van der Waals surface area contributed by atoms with Crippen LogP contribution in [-0.2, 0) is 4.79 Å². The van der Waals surface area contributed by atoms with Crippen LogP contribution in [0.25, 0.3) is 32.1 Å². The topological polar surface area (TPSA) is 135 Å². The van der Waals surface area contributed by atoms with Gasteiger partial charge < -0.3 is 20.3 Å². The van der Waals surface area contributed by atoms with Crippen molar-refractivity contribution < 1.29 is 22.7 Å². The molecule has 0 spiro atoms. The Kier molecular flexibility index (Phi) is 8.75. The van der Waals surface area contributed by atoms with Crippen molar-refractivity contribution in [3.8, 4) is 29.3 Å². The van der Waals surface area contributed by atoms with Gasteiger partial charge >= 0.3 is 6.01 Å². The molecule has 3 aliphatic heterocycles. The van der Waals surface area contributed by atoms with Gasteiger partial charge in [0.1, 0.15) is 47.7 Å². The van der Waals surface area contributed by atoms with Gasteiger partial charge in [0.25, 0.3) is 0 Å². The summed E-state index contributed by atoms with van der Waals surface area (Å²) in [5, 5.41) is 21.4. The fraction of sp³-hybridized carbons (Fsp3) is 0.400. The largest absolute Gasteiger partial charge is 0.461 e. The van der Waals surface area contributed by atoms with Crippen molar-refractivity contribution in [2.75, 3.05) is 50.0 Å². The lowest BCUT2D eigenvalue weighted by molar-refractivity contribution is -0.125. The Morgan fingerprint density at radius 3 is 2.76 bits per heavy atom. The van der Waals surface area contributed by atoms with E-state index in [4.69, 9.17) is 32.0 Å². The molecule has 1 amide bonds. The minimum absolute atomic E-state index is 0.00403. The molecule has 50 heavy (non-hydrogen) atoms. The second kappa shape index (κ2) is 12.9. The molecule has 0 saturated carbocycles. The Bertz CT molecular complexity index is 2150. The minimum Gasteiger partial charge on any atom is -0.461 e. The molecule has 15 heteroatoms. The summed E-state index contributed by atoms with van der Waals surface area (Å²) in [5.41, 5.74) is 6.27. The number of hydrogen-bond acceptors (Lipinski definition) is 10. The average Bonchev–Trinajstić information content (AvgIpc) is 3.84. The second-order valence-electron chi connectivity index (χ2n) is 12.9. The molecular formula is C35H32ClF3N8O2S. The van der Waals surface area contributed by atoms with Gasteiger partial charge in [0, 0.05) is 42.4 Å². The molecule has 5 heterocycles. The second-order valence-corrected chi connectivity index (χ2v) is 14.3. The number of ether oxygens (including phenoxy) is 1. The standard InChI is InChI=1S/C35H32ClF3N8O2S/c1-3-27(48)45-15-25(39)26(16-45)47(4-2)33-20-10-23(36)28(19-6-7-24(38)31-29(19)22(13-41)32(42)50-31)21(12-40)30(20)43-34(44-33)49-17-35-8-5-9-46(35)14-18(37)11-35/h3,6-7,10,18,25-26H,1,4-5,8-9,11,14-17,42H2,2H3/t18-,25-,26+,35+/m1/s1. The Labute approximate surface area is 295 Å². The SMILES string of the molecule is C=CC(=O)N1C[C@@H](F)[C@@H](N(CC)c2nc(OC[C@@]34CCCN3C[C@H](F)C4)nc3c(C#N)c(-c4ccc(F)c5sc(N)c(C#N)c45)c(Cl)cc23)C1. The number of nitrogens with two attached hydrogens (primary N) is 1. The molecular weight excluding hydrogens is 689 g/mol. The molecule has 0 aliphatic carbocycles. The van der Waals surface area contributed by atoms with Crippen molar-refractivity contribution in [1.82, 2.24) is 19.8 Å². The number of fused-ring (bicyclic) bond motifs is 3. The van der Waals surface area contributed by atoms with Crippen LogP contribution in [-0.4, -0.2) is 88.9 Å². The number of aromatic nitrogens is 2. The lowest BCUT2D eigenvalue weighted by Gasteiger charge is -2.32. The summed E-state index contributed by atoms with van der Waals surface area (Å²) in [6.45, 7) is 6.69. The number of likely N-dealkylation sites (tertiary alicyclic amines) is 1. The van der Waals surface area contributed by atoms with Gasteiger partial charge in [-0.1, -0.05) is 24.2 Å². The number of carbonyl (C=O) groups is 1. The van der Waals surface area contributed by atoms with Crippen LogP contribution in [0.2, 0.25) is 5.02 Å². The zero-order chi connectivity index (χ0) is 35.5. The third kappa shape index (κ3) is 5.37. The van der Waals surface area contributed by atoms with Crippen LogP contribution >= 0.6 is 22.9 Å². The molecule has 258 valence electrons. The van der Waals surface area contributed by atoms with Gasteiger partial charge in [0.15, 0.2) is 0 Å². The van der Waals surface area contributed by atoms with Gasteiger partial charge in [-0.2, -0.15) is 20.5 Å². The highest BCUT2D eigenvalue weighted by Crippen LogP contribution is 2.47. The molecule has 3 saturated heterocycles. The fourth-order valence-corrected chi connectivity index (χ4v) is 9.16. The lowest BCUT2D eigenvalue weighted by atomic mass is 9.93. The van der Waals surface area contributed by atoms with E-state index in [0.717, 1.165) is 36.8 Å². The molecule has 2 aromatic carbocycles. The van der Waals surface area contributed by atoms with Crippen molar-refractivity contribution in [1.29, 1.82) is 10.5 Å². The molecule has 0 unspecified atom stereocenters. The Morgan fingerprint density at radius 1 is 1.26 bits per heavy atom. The number of alkyl halides is 2. The Morgan fingerprint density at radius 2 is 2.04 bits per heavy atom. The predicted octanol–water partition coefficient (Wildman–Crippen LogP) is 6.15. The summed E-state index contributed by atoms with van der Waals surface area (Å²) >= 11 is 7.90. The van der Waals surface area contributed by atoms with Gasteiger partial charge in [0.05, 0.1) is 44.5 Å². The predicted molar refractivity (Wildman–Crippen MR) is 186 cm³/mol. The van der Waals surface area contributed by atoms with Crippen LogP contribution in [0.4, 0.5) is 24.0 Å². The maximum atomic E-state index is 15.7. The Hall–Kier alpha value is -4.63. The fourth-order valence-electron chi connectivity index (χ4n) is 7.90. The number of rotatable bonds is 8. The number of nitriles is 2. The first kappa shape index (κ1) is 33.8. The number of carbonyl (C=O) groups excluding carboxylic acids is 1. The van der Waals surface area contributed by atoms with Crippen LogP contribution in [0.1, 0.15) is 37.3 Å². The number of hydrogen-bond donors (Lipinski definition) is 1. The van der Waals surface area contributed by atoms with Crippen LogP contribution < -0.4 is 15.4 Å². The summed E-state index contributed by atoms with van der Waals surface area (Å²) in [5.74, 6) is -0.752. The molecule has 10 nitrogen and oxygen atoms in total. The maximum Gasteiger partial charge on any atom is 0.319 e. The third-order valence-corrected chi connectivity index (χ3v) is 11.5. The van der Waals surface area contributed by atoms with Crippen LogP contribution in [0, 0.1) is 28.5 Å². The number of amides is 1. The molecule has 3 fully saturated rings. The summed E-state index contributed by atoms with van der Waals surface area (Å²) in [6, 6.07) is 7.56. The van der Waals surface area contributed by atoms with Crippen molar-refractivity contribution >= 4 is 60.7 Å². The number of thiophene rings is 1. The molecule has 3 aliphatic rings. The highest BCUT2D eigenvalue weighted by molar-refractivity contribution is 7.23. The number of halogens is 4. The number of benzene rings is 2. The van der Waals surface area contributed by atoms with E-state index in [0.29, 0.717) is 23.9 Å². The van der Waals surface area contributed by atoms with Crippen molar-refractivity contribution in [2.24, 2.45) is 0 Å². The van der Waals surface area contributed by atoms with E-state index in [1.807, 2.05) is 13.0 Å². The molecule has 2 aromatic heterocycles. The van der Waals surface area contributed by atoms with E-state index in [9.17, 15) is 19.7 Å². The average molecular weight is 721 g/mol. The highest BCUT2D eigenvalue weighted by Gasteiger charge is 2.49. The van der Waals surface area contributed by atoms with E-state index >= 15 is 8.78 Å². The zero-order valence-corrected chi connectivity index (χ0v) is 28.6. The summed E-state index contributed by atoms with van der Waals surface area (Å²) in [7, 11) is 0. The van der Waals surface area contributed by atoms with Gasteiger partial charge in [-0.25, -0.2) is 13.2 Å². The number of nitrogens with zero attached hydrogens (tertiary/aromatic N) is 7. The van der Waals surface area contributed by atoms with E-state index in [2.05, 4.69) is 17.5 Å². The van der Waals surface area contributed by atoms with Gasteiger partial charge in [-0.15, -0.1) is 11.3 Å². The summed E-state index contributed by atoms with van der Waals surface area (Å²) in [6.07, 6.45) is 0.655. The summed E-state index contributed by atoms with van der Waals surface area (Å²) in [4.78, 5) is 27.1. The third-order valence-electron chi connectivity index (χ3n) is 10.2. The smallest absolute Gasteiger partial charge is 0.319 e. The van der Waals surface area contributed by atoms with Gasteiger partial charge in [-0.05, 0) is 50.1 Å². The van der Waals surface area contributed by atoms with E-state index in [1.165, 1.54) is 17.0 Å². The lowest BCUT2D eigenvalue weighted by Crippen LogP contribution is -2.44. The molecule has 2 N–H and O–H groups in total. The van der Waals surface area contributed by atoms with Crippen LogP contribution in [0.15, 0.2) is 30.9 Å². The van der Waals surface area contributed by atoms with Gasteiger partial charge in [0.2, 0.25) is 5.91 Å². The van der Waals surface area contributed by atoms with Crippen LogP contribution in [0.5, 0.6) is 6.01 Å². The molecule has 0 bridgehead atoms. The number of anilines is 2. The quantitative estimate of drug-likeness (QED) is 0.213. The normalized spacial score (nSPS) is 23.3. The van der Waals surface area contributed by atoms with E-state index < -0.39 is 35.6 Å². The van der Waals surface area contributed by atoms with E-state index in [1.54, 1.807) is 11.0 Å². The maximum absolute atomic E-state index is 15.7. The first-order valence-corrected chi connectivity index (χ1v) is 17.4. The first-order valence-electron chi connectivity index (χ1n) is 16.2. The first-order chi connectivity index (χ1) is 24.0. The highest BCUT2D eigenvalue weighted by atomic mass is 35.5. The number of nitrogen functional groups attached to an aromatic ring is 1. The van der Waals surface area contributed by atoms with Crippen molar-refractivity contribution in [2.45, 2.75) is 50.1 Å². The Balaban J connectivity index is 1.43. The van der Waals surface area contributed by atoms with Crippen LogP contribution in [0.3, 0.4) is 0 Å². The van der Waals surface area contributed by atoms with Crippen molar-refractivity contribution in [3.05, 3.63) is 52.8 Å². The molecule has 0 radical (unpaired) electrons. The summed E-state index contributed by atoms with van der Waals surface area (Å²) < 4.78 is 51.7. The molecule has 7 rings (SSSR count). The van der Waals surface area contributed by atoms with E-state index in [-0.39, 0.29) is 80.4 Å². The van der Waals surface area contributed by atoms with Crippen molar-refractivity contribution in [3.63, 3.8) is 0 Å². The number of likely N-dealkylation sites (N-methyl/N-ethyl adjacent to an activating group) is 1. The van der Waals surface area contributed by atoms with Gasteiger partial charge in [-0.3, -0.25) is 9.69 Å². The zero-order valence-electron chi connectivity index (χ0n) is 27.1. The molecule has 4 atom stereocenters. The minimum atomic E-state index is -1.44.